The number of halogens is 1. The lowest BCUT2D eigenvalue weighted by Crippen LogP contribution is -2.09. The number of sulfonamides is 1. The molecule has 74 valence electrons. The van der Waals surface area contributed by atoms with Gasteiger partial charge < -0.3 is 0 Å². The predicted octanol–water partition coefficient (Wildman–Crippen LogP) is 1.60. The highest BCUT2D eigenvalue weighted by atomic mass is 35.5. The van der Waals surface area contributed by atoms with E-state index in [0.29, 0.717) is 10.7 Å². The van der Waals surface area contributed by atoms with Gasteiger partial charge >= 0.3 is 0 Å². The zero-order valence-electron chi connectivity index (χ0n) is 6.77. The summed E-state index contributed by atoms with van der Waals surface area (Å²) in [5.41, 5.74) is 0.548. The van der Waals surface area contributed by atoms with Gasteiger partial charge in [-0.05, 0) is 18.2 Å². The lowest BCUT2D eigenvalue weighted by Gasteiger charge is -1.87. The van der Waals surface area contributed by atoms with Gasteiger partial charge in [-0.25, -0.2) is 18.5 Å². The van der Waals surface area contributed by atoms with Crippen LogP contribution in [0.15, 0.2) is 22.4 Å². The number of aromatic nitrogens is 1. The van der Waals surface area contributed by atoms with Crippen LogP contribution in [0.3, 0.4) is 0 Å². The molecule has 2 aromatic heterocycles. The quantitative estimate of drug-likeness (QED) is 0.779. The molecule has 2 N–H and O–H groups in total. The van der Waals surface area contributed by atoms with Crippen LogP contribution in [0.5, 0.6) is 0 Å². The fourth-order valence-electron chi connectivity index (χ4n) is 1.02. The first-order valence-electron chi connectivity index (χ1n) is 3.56. The molecule has 2 rings (SSSR count). The van der Waals surface area contributed by atoms with E-state index in [1.54, 1.807) is 12.1 Å². The third-order valence-corrected chi connectivity index (χ3v) is 4.32. The number of primary sulfonamides is 1. The minimum atomic E-state index is -3.64. The summed E-state index contributed by atoms with van der Waals surface area (Å²) in [6, 6.07) is 4.73. The van der Waals surface area contributed by atoms with Gasteiger partial charge in [0.25, 0.3) is 0 Å². The summed E-state index contributed by atoms with van der Waals surface area (Å²) >= 11 is 6.73. The number of hydrogen-bond donors (Lipinski definition) is 1. The van der Waals surface area contributed by atoms with Crippen molar-refractivity contribution >= 4 is 43.2 Å². The summed E-state index contributed by atoms with van der Waals surface area (Å²) in [6.07, 6.45) is 0. The lowest BCUT2D eigenvalue weighted by molar-refractivity contribution is 0.600. The van der Waals surface area contributed by atoms with Crippen LogP contribution < -0.4 is 5.14 Å². The number of nitrogens with two attached hydrogens (primary N) is 1. The Morgan fingerprint density at radius 2 is 2.14 bits per heavy atom. The van der Waals surface area contributed by atoms with Gasteiger partial charge in [0.1, 0.15) is 9.36 Å². The largest absolute Gasteiger partial charge is 0.247 e. The Labute approximate surface area is 89.4 Å². The number of hydrogen-bond acceptors (Lipinski definition) is 4. The minimum absolute atomic E-state index is 0.0993. The molecule has 0 fully saturated rings. The molecule has 2 heterocycles. The highest BCUT2D eigenvalue weighted by Gasteiger charge is 2.12. The Hall–Kier alpha value is -0.690. The average molecular weight is 249 g/mol. The molecule has 0 aliphatic carbocycles. The summed E-state index contributed by atoms with van der Waals surface area (Å²) < 4.78 is 22.9. The van der Waals surface area contributed by atoms with Crippen LogP contribution in [0.2, 0.25) is 5.15 Å². The number of thiophene rings is 1. The Morgan fingerprint density at radius 1 is 1.43 bits per heavy atom. The maximum Gasteiger partial charge on any atom is 0.247 e. The highest BCUT2D eigenvalue weighted by Crippen LogP contribution is 2.27. The van der Waals surface area contributed by atoms with E-state index in [4.69, 9.17) is 16.7 Å². The molecule has 0 aliphatic rings. The summed E-state index contributed by atoms with van der Waals surface area (Å²) in [4.78, 5) is 3.97. The SMILES string of the molecule is NS(=O)(=O)c1cc2nc(Cl)ccc2s1. The molecule has 0 spiro atoms. The molecule has 4 nitrogen and oxygen atoms in total. The molecule has 0 saturated heterocycles. The van der Waals surface area contributed by atoms with E-state index >= 15 is 0 Å². The normalized spacial score (nSPS) is 12.1. The van der Waals surface area contributed by atoms with Gasteiger partial charge in [-0.1, -0.05) is 11.6 Å². The Balaban J connectivity index is 2.75. The van der Waals surface area contributed by atoms with Gasteiger partial charge in [0.05, 0.1) is 10.2 Å². The average Bonchev–Trinajstić information content (AvgIpc) is 2.45. The first kappa shape index (κ1) is 9.85. The molecule has 2 aromatic rings. The van der Waals surface area contributed by atoms with Crippen molar-refractivity contribution in [3.8, 4) is 0 Å². The first-order valence-corrected chi connectivity index (χ1v) is 6.30. The Bertz CT molecular complexity index is 591. The van der Waals surface area contributed by atoms with Crippen LogP contribution >= 0.6 is 22.9 Å². The molecular formula is C7H5ClN2O2S2. The summed E-state index contributed by atoms with van der Waals surface area (Å²) in [5, 5.41) is 5.31. The molecule has 0 amide bonds. The van der Waals surface area contributed by atoms with Gasteiger partial charge in [-0.3, -0.25) is 0 Å². The van der Waals surface area contributed by atoms with Crippen molar-refractivity contribution in [1.29, 1.82) is 0 Å². The topological polar surface area (TPSA) is 73.1 Å². The van der Waals surface area contributed by atoms with E-state index in [0.717, 1.165) is 16.0 Å². The lowest BCUT2D eigenvalue weighted by atomic mass is 10.4. The van der Waals surface area contributed by atoms with Gasteiger partial charge in [-0.15, -0.1) is 11.3 Å². The zero-order valence-corrected chi connectivity index (χ0v) is 9.16. The van der Waals surface area contributed by atoms with Crippen molar-refractivity contribution in [3.63, 3.8) is 0 Å². The van der Waals surface area contributed by atoms with E-state index in [2.05, 4.69) is 4.98 Å². The van der Waals surface area contributed by atoms with Crippen molar-refractivity contribution < 1.29 is 8.42 Å². The third kappa shape index (κ3) is 1.74. The van der Waals surface area contributed by atoms with Crippen LogP contribution in [0, 0.1) is 0 Å². The number of nitrogens with zero attached hydrogens (tertiary/aromatic N) is 1. The summed E-state index contributed by atoms with van der Waals surface area (Å²) in [7, 11) is -3.64. The Morgan fingerprint density at radius 3 is 2.79 bits per heavy atom. The van der Waals surface area contributed by atoms with Gasteiger partial charge in [0, 0.05) is 0 Å². The zero-order chi connectivity index (χ0) is 10.3. The minimum Gasteiger partial charge on any atom is -0.235 e. The molecule has 0 aromatic carbocycles. The molecule has 14 heavy (non-hydrogen) atoms. The van der Waals surface area contributed by atoms with E-state index in [9.17, 15) is 8.42 Å². The fourth-order valence-corrected chi connectivity index (χ4v) is 2.91. The van der Waals surface area contributed by atoms with Gasteiger partial charge in [0.15, 0.2) is 0 Å². The smallest absolute Gasteiger partial charge is 0.235 e. The maximum atomic E-state index is 11.0. The fraction of sp³-hybridized carbons (Fsp3) is 0. The van der Waals surface area contributed by atoms with Crippen molar-refractivity contribution in [2.45, 2.75) is 4.21 Å². The van der Waals surface area contributed by atoms with Gasteiger partial charge in [-0.2, -0.15) is 0 Å². The van der Waals surface area contributed by atoms with Crippen molar-refractivity contribution in [3.05, 3.63) is 23.4 Å². The second kappa shape index (κ2) is 3.16. The van der Waals surface area contributed by atoms with Crippen LogP contribution in [0.4, 0.5) is 0 Å². The molecular weight excluding hydrogens is 244 g/mol. The molecule has 0 aliphatic heterocycles. The second-order valence-electron chi connectivity index (χ2n) is 2.63. The molecule has 0 saturated carbocycles. The van der Waals surface area contributed by atoms with Gasteiger partial charge in [0.2, 0.25) is 10.0 Å². The number of pyridine rings is 1. The van der Waals surface area contributed by atoms with Crippen LogP contribution in [0.25, 0.3) is 10.2 Å². The van der Waals surface area contributed by atoms with Crippen LogP contribution in [-0.2, 0) is 10.0 Å². The molecule has 0 radical (unpaired) electrons. The number of fused-ring (bicyclic) bond motifs is 1. The summed E-state index contributed by atoms with van der Waals surface area (Å²) in [5.74, 6) is 0. The van der Waals surface area contributed by atoms with E-state index in [-0.39, 0.29) is 4.21 Å². The van der Waals surface area contributed by atoms with Crippen molar-refractivity contribution in [2.24, 2.45) is 5.14 Å². The van der Waals surface area contributed by atoms with E-state index in [1.807, 2.05) is 0 Å². The van der Waals surface area contributed by atoms with Crippen LogP contribution in [0.1, 0.15) is 0 Å². The van der Waals surface area contributed by atoms with Crippen LogP contribution in [-0.4, -0.2) is 13.4 Å². The number of rotatable bonds is 1. The van der Waals surface area contributed by atoms with Crippen molar-refractivity contribution in [1.82, 2.24) is 4.98 Å². The molecule has 0 unspecified atom stereocenters. The molecule has 7 heteroatoms. The monoisotopic (exact) mass is 248 g/mol. The first-order chi connectivity index (χ1) is 6.47. The Kier molecular flexibility index (Phi) is 2.23. The third-order valence-electron chi connectivity index (χ3n) is 1.60. The molecule has 0 bridgehead atoms. The van der Waals surface area contributed by atoms with E-state index < -0.39 is 10.0 Å². The van der Waals surface area contributed by atoms with Crippen molar-refractivity contribution in [2.75, 3.05) is 0 Å². The van der Waals surface area contributed by atoms with E-state index in [1.165, 1.54) is 6.07 Å². The predicted molar refractivity (Wildman–Crippen MR) is 56.0 cm³/mol. The summed E-state index contributed by atoms with van der Waals surface area (Å²) in [6.45, 7) is 0. The highest BCUT2D eigenvalue weighted by molar-refractivity contribution is 7.91. The standard InChI is InChI=1S/C7H5ClN2O2S2/c8-6-2-1-5-4(10-6)3-7(13-5)14(9,11)12/h1-3H,(H2,9,11,12). The molecule has 0 atom stereocenters. The second-order valence-corrected chi connectivity index (χ2v) is 5.89. The maximum absolute atomic E-state index is 11.0.